The lowest BCUT2D eigenvalue weighted by atomic mass is 9.98. The summed E-state index contributed by atoms with van der Waals surface area (Å²) in [5.41, 5.74) is 4.80. The van der Waals surface area contributed by atoms with Gasteiger partial charge in [-0.3, -0.25) is 0 Å². The van der Waals surface area contributed by atoms with Gasteiger partial charge < -0.3 is 4.74 Å². The lowest BCUT2D eigenvalue weighted by Gasteiger charge is -2.14. The Hall–Kier alpha value is -1.18. The molecule has 2 rings (SSSR count). The van der Waals surface area contributed by atoms with Crippen molar-refractivity contribution in [2.45, 2.75) is 25.6 Å². The smallest absolute Gasteiger partial charge is 0.137 e. The molecule has 0 fully saturated rings. The highest BCUT2D eigenvalue weighted by Gasteiger charge is 2.13. The van der Waals surface area contributed by atoms with Crippen LogP contribution in [0.25, 0.3) is 0 Å². The van der Waals surface area contributed by atoms with Crippen molar-refractivity contribution in [1.29, 1.82) is 0 Å². The van der Waals surface area contributed by atoms with Crippen LogP contribution in [0.1, 0.15) is 27.6 Å². The van der Waals surface area contributed by atoms with Crippen LogP contribution in [0.5, 0.6) is 5.75 Å². The van der Waals surface area contributed by atoms with Gasteiger partial charge in [0.15, 0.2) is 0 Å². The van der Waals surface area contributed by atoms with E-state index in [-0.39, 0.29) is 5.38 Å². The molecule has 1 unspecified atom stereocenters. The average Bonchev–Trinajstić information content (AvgIpc) is 2.42. The van der Waals surface area contributed by atoms with Crippen LogP contribution in [-0.2, 0) is 6.42 Å². The molecule has 0 heterocycles. The normalized spacial score (nSPS) is 12.2. The van der Waals surface area contributed by atoms with E-state index < -0.39 is 0 Å². The van der Waals surface area contributed by atoms with Crippen molar-refractivity contribution in [3.05, 3.63) is 63.7 Å². The molecule has 1 nitrogen and oxygen atoms in total. The van der Waals surface area contributed by atoms with E-state index in [9.17, 15) is 0 Å². The van der Waals surface area contributed by atoms with Crippen LogP contribution in [0.15, 0.2) is 36.4 Å². The Kier molecular flexibility index (Phi) is 4.95. The maximum Gasteiger partial charge on any atom is 0.137 e. The number of halogens is 2. The first-order valence-electron chi connectivity index (χ1n) is 6.55. The van der Waals surface area contributed by atoms with E-state index in [2.05, 4.69) is 32.0 Å². The summed E-state index contributed by atoms with van der Waals surface area (Å²) in [6.45, 7) is 4.20. The number of hydrogen-bond acceptors (Lipinski definition) is 1. The van der Waals surface area contributed by atoms with Gasteiger partial charge in [0.05, 0.1) is 17.5 Å². The van der Waals surface area contributed by atoms with Crippen molar-refractivity contribution in [2.75, 3.05) is 7.11 Å². The lowest BCUT2D eigenvalue weighted by molar-refractivity contribution is 0.415. The molecular formula is C17H18Cl2O. The van der Waals surface area contributed by atoms with E-state index in [1.54, 1.807) is 7.11 Å². The molecule has 0 aliphatic heterocycles. The Labute approximate surface area is 130 Å². The van der Waals surface area contributed by atoms with Crippen molar-refractivity contribution in [3.8, 4) is 5.75 Å². The van der Waals surface area contributed by atoms with Crippen LogP contribution >= 0.6 is 23.2 Å². The SMILES string of the molecule is COc1ccc(C(Cl)Cc2cc(C)ccc2C)cc1Cl. The molecule has 0 saturated carbocycles. The summed E-state index contributed by atoms with van der Waals surface area (Å²) in [6, 6.07) is 12.1. The minimum Gasteiger partial charge on any atom is -0.495 e. The van der Waals surface area contributed by atoms with Gasteiger partial charge in [-0.2, -0.15) is 0 Å². The summed E-state index contributed by atoms with van der Waals surface area (Å²) in [4.78, 5) is 0. The maximum atomic E-state index is 6.53. The maximum absolute atomic E-state index is 6.53. The highest BCUT2D eigenvalue weighted by Crippen LogP contribution is 2.32. The molecule has 0 spiro atoms. The predicted octanol–water partition coefficient (Wildman–Crippen LogP) is 5.49. The zero-order chi connectivity index (χ0) is 14.7. The molecule has 0 aliphatic rings. The van der Waals surface area contributed by atoms with Gasteiger partial charge in [-0.05, 0) is 49.1 Å². The molecule has 0 aliphatic carbocycles. The fourth-order valence-corrected chi connectivity index (χ4v) is 2.78. The Morgan fingerprint density at radius 2 is 1.85 bits per heavy atom. The van der Waals surface area contributed by atoms with Crippen LogP contribution in [0.2, 0.25) is 5.02 Å². The first-order valence-corrected chi connectivity index (χ1v) is 7.36. The van der Waals surface area contributed by atoms with E-state index in [4.69, 9.17) is 27.9 Å². The highest BCUT2D eigenvalue weighted by molar-refractivity contribution is 6.32. The molecule has 0 saturated heterocycles. The van der Waals surface area contributed by atoms with E-state index in [0.717, 1.165) is 12.0 Å². The van der Waals surface area contributed by atoms with Gasteiger partial charge in [0, 0.05) is 0 Å². The number of aryl methyl sites for hydroxylation is 2. The number of alkyl halides is 1. The fraction of sp³-hybridized carbons (Fsp3) is 0.294. The van der Waals surface area contributed by atoms with Gasteiger partial charge in [0.1, 0.15) is 5.75 Å². The fourth-order valence-electron chi connectivity index (χ4n) is 2.21. The summed E-state index contributed by atoms with van der Waals surface area (Å²) < 4.78 is 5.16. The molecule has 106 valence electrons. The van der Waals surface area contributed by atoms with Crippen LogP contribution in [0.3, 0.4) is 0 Å². The molecule has 1 atom stereocenters. The zero-order valence-electron chi connectivity index (χ0n) is 11.9. The van der Waals surface area contributed by atoms with Crippen molar-refractivity contribution in [3.63, 3.8) is 0 Å². The lowest BCUT2D eigenvalue weighted by Crippen LogP contribution is -1.99. The largest absolute Gasteiger partial charge is 0.495 e. The van der Waals surface area contributed by atoms with Gasteiger partial charge >= 0.3 is 0 Å². The van der Waals surface area contributed by atoms with E-state index >= 15 is 0 Å². The highest BCUT2D eigenvalue weighted by atomic mass is 35.5. The molecule has 0 bridgehead atoms. The minimum absolute atomic E-state index is 0.0982. The Morgan fingerprint density at radius 3 is 2.50 bits per heavy atom. The van der Waals surface area contributed by atoms with Crippen molar-refractivity contribution >= 4 is 23.2 Å². The molecule has 3 heteroatoms. The molecular weight excluding hydrogens is 291 g/mol. The summed E-state index contributed by atoms with van der Waals surface area (Å²) in [7, 11) is 1.61. The number of benzene rings is 2. The number of hydrogen-bond donors (Lipinski definition) is 0. The van der Waals surface area contributed by atoms with E-state index in [0.29, 0.717) is 10.8 Å². The topological polar surface area (TPSA) is 9.23 Å². The molecule has 2 aromatic rings. The van der Waals surface area contributed by atoms with Gasteiger partial charge in [0.25, 0.3) is 0 Å². The third kappa shape index (κ3) is 3.47. The second-order valence-corrected chi connectivity index (χ2v) is 5.93. The zero-order valence-corrected chi connectivity index (χ0v) is 13.4. The van der Waals surface area contributed by atoms with E-state index in [1.165, 1.54) is 16.7 Å². The predicted molar refractivity (Wildman–Crippen MR) is 86.2 cm³/mol. The quantitative estimate of drug-likeness (QED) is 0.679. The number of methoxy groups -OCH3 is 1. The van der Waals surface area contributed by atoms with Crippen molar-refractivity contribution in [2.24, 2.45) is 0 Å². The molecule has 0 amide bonds. The first kappa shape index (κ1) is 15.2. The summed E-state index contributed by atoms with van der Waals surface area (Å²) in [5, 5.41) is 0.496. The molecule has 0 aromatic heterocycles. The van der Waals surface area contributed by atoms with Gasteiger partial charge in [-0.25, -0.2) is 0 Å². The van der Waals surface area contributed by atoms with Crippen molar-refractivity contribution in [1.82, 2.24) is 0 Å². The van der Waals surface area contributed by atoms with Crippen LogP contribution in [0.4, 0.5) is 0 Å². The summed E-state index contributed by atoms with van der Waals surface area (Å²) >= 11 is 12.7. The average molecular weight is 309 g/mol. The summed E-state index contributed by atoms with van der Waals surface area (Å²) in [5.74, 6) is 0.672. The van der Waals surface area contributed by atoms with Crippen LogP contribution < -0.4 is 4.74 Å². The summed E-state index contributed by atoms with van der Waals surface area (Å²) in [6.07, 6.45) is 0.789. The minimum atomic E-state index is -0.0982. The van der Waals surface area contributed by atoms with E-state index in [1.807, 2.05) is 18.2 Å². The Morgan fingerprint density at radius 1 is 1.10 bits per heavy atom. The van der Waals surface area contributed by atoms with Crippen molar-refractivity contribution < 1.29 is 4.74 Å². The second kappa shape index (κ2) is 6.51. The molecule has 2 aromatic carbocycles. The number of ether oxygens (including phenoxy) is 1. The number of rotatable bonds is 4. The Balaban J connectivity index is 2.21. The second-order valence-electron chi connectivity index (χ2n) is 5.00. The van der Waals surface area contributed by atoms with Crippen LogP contribution in [-0.4, -0.2) is 7.11 Å². The van der Waals surface area contributed by atoms with Gasteiger partial charge in [0.2, 0.25) is 0 Å². The Bertz CT molecular complexity index is 608. The van der Waals surface area contributed by atoms with Gasteiger partial charge in [-0.15, -0.1) is 11.6 Å². The van der Waals surface area contributed by atoms with Gasteiger partial charge in [-0.1, -0.05) is 41.4 Å². The monoisotopic (exact) mass is 308 g/mol. The first-order chi connectivity index (χ1) is 9.51. The third-order valence-corrected chi connectivity index (χ3v) is 4.14. The third-order valence-electron chi connectivity index (χ3n) is 3.44. The molecule has 0 radical (unpaired) electrons. The van der Waals surface area contributed by atoms with Crippen LogP contribution in [0, 0.1) is 13.8 Å². The molecule has 0 N–H and O–H groups in total. The molecule has 20 heavy (non-hydrogen) atoms. The standard InChI is InChI=1S/C17H18Cl2O/c1-11-4-5-12(2)14(8-11)10-15(18)13-6-7-17(20-3)16(19)9-13/h4-9,15H,10H2,1-3H3.